The van der Waals surface area contributed by atoms with Gasteiger partial charge in [-0.25, -0.2) is 0 Å². The summed E-state index contributed by atoms with van der Waals surface area (Å²) >= 11 is 0. The van der Waals surface area contributed by atoms with E-state index in [2.05, 4.69) is 11.1 Å². The van der Waals surface area contributed by atoms with E-state index in [1.165, 1.54) is 0 Å². The third-order valence-corrected chi connectivity index (χ3v) is 2.15. The molecule has 0 aliphatic heterocycles. The molecular weight excluding hydrogens is 226 g/mol. The summed E-state index contributed by atoms with van der Waals surface area (Å²) in [4.78, 5) is 32.9. The maximum absolute atomic E-state index is 11.5. The molecule has 0 fully saturated rings. The first-order chi connectivity index (χ1) is 7.73. The Hall–Kier alpha value is -1.63. The van der Waals surface area contributed by atoms with Crippen molar-refractivity contribution >= 4 is 17.8 Å². The van der Waals surface area contributed by atoms with Crippen molar-refractivity contribution in [2.45, 2.75) is 38.8 Å². The molecule has 0 bridgehead atoms. The fourth-order valence-electron chi connectivity index (χ4n) is 1.30. The van der Waals surface area contributed by atoms with Gasteiger partial charge in [0.2, 0.25) is 5.91 Å². The van der Waals surface area contributed by atoms with Gasteiger partial charge in [0.1, 0.15) is 6.04 Å². The number of carboxylic acid groups (broad SMARTS) is 1. The van der Waals surface area contributed by atoms with Gasteiger partial charge in [0, 0.05) is 12.4 Å². The average molecular weight is 245 g/mol. The van der Waals surface area contributed by atoms with Crippen molar-refractivity contribution in [3.63, 3.8) is 0 Å². The molecule has 0 aromatic carbocycles. The maximum Gasteiger partial charge on any atom is 0.279 e. The van der Waals surface area contributed by atoms with Gasteiger partial charge in [0.15, 0.2) is 6.04 Å². The Bertz CT molecular complexity index is 304. The van der Waals surface area contributed by atoms with Gasteiger partial charge in [0.25, 0.3) is 5.91 Å². The minimum atomic E-state index is -1.36. The summed E-state index contributed by atoms with van der Waals surface area (Å²) < 4.78 is 0. The van der Waals surface area contributed by atoms with Gasteiger partial charge in [-0.3, -0.25) is 9.59 Å². The van der Waals surface area contributed by atoms with Gasteiger partial charge >= 0.3 is 0 Å². The Kier molecular flexibility index (Phi) is 6.19. The molecule has 0 spiro atoms. The normalized spacial score (nSPS) is 14.1. The highest BCUT2D eigenvalue weighted by Gasteiger charge is 2.24. The Balaban J connectivity index is 4.39. The van der Waals surface area contributed by atoms with E-state index >= 15 is 0 Å². The molecule has 2 amide bonds. The van der Waals surface area contributed by atoms with Crippen LogP contribution in [0.3, 0.4) is 0 Å². The molecule has 0 aromatic heterocycles. The molecule has 0 aromatic rings. The zero-order valence-corrected chi connectivity index (χ0v) is 10.1. The summed E-state index contributed by atoms with van der Waals surface area (Å²) in [7, 11) is 0. The molecule has 6 N–H and O–H groups in total. The van der Waals surface area contributed by atoms with Crippen LogP contribution in [0.4, 0.5) is 0 Å². The van der Waals surface area contributed by atoms with Crippen molar-refractivity contribution in [3.05, 3.63) is 0 Å². The highest BCUT2D eigenvalue weighted by atomic mass is 16.4. The predicted molar refractivity (Wildman–Crippen MR) is 56.9 cm³/mol. The fourth-order valence-corrected chi connectivity index (χ4v) is 1.30. The number of aliphatic carboxylic acids is 1. The van der Waals surface area contributed by atoms with Crippen LogP contribution in [0.1, 0.15) is 26.7 Å². The van der Waals surface area contributed by atoms with E-state index in [4.69, 9.17) is 5.73 Å². The molecule has 2 atom stereocenters. The van der Waals surface area contributed by atoms with Crippen LogP contribution >= 0.6 is 0 Å². The number of hydrogen-bond donors (Lipinski definition) is 3. The van der Waals surface area contributed by atoms with E-state index in [0.717, 1.165) is 0 Å². The maximum atomic E-state index is 11.5. The topological polar surface area (TPSA) is 140 Å². The standard InChI is InChI=1S/C10H19N3O4/c1-5(2)3-7(9(12)16)13-10(17)6(11)4-8(14)15/h5-7H,3-4,11H2,1-2H3,(H2,12,16)(H,13,17)(H,14,15)/t6-,7-/m0/s1. The number of carbonyl (C=O) groups is 3. The second-order valence-corrected chi connectivity index (χ2v) is 4.37. The number of amides is 2. The lowest BCUT2D eigenvalue weighted by Gasteiger charge is -2.18. The number of carboxylic acids is 1. The van der Waals surface area contributed by atoms with Crippen LogP contribution in [0.2, 0.25) is 0 Å². The molecule has 0 aliphatic rings. The molecule has 0 saturated heterocycles. The van der Waals surface area contributed by atoms with Gasteiger partial charge in [-0.05, 0) is 12.3 Å². The predicted octanol–water partition coefficient (Wildman–Crippen LogP) is -3.25. The number of rotatable bonds is 7. The Labute approximate surface area is 99.5 Å². The van der Waals surface area contributed by atoms with Crippen molar-refractivity contribution in [3.8, 4) is 0 Å². The smallest absolute Gasteiger partial charge is 0.279 e. The number of quaternary nitrogens is 1. The molecule has 0 unspecified atom stereocenters. The molecular formula is C10H19N3O4. The molecule has 7 nitrogen and oxygen atoms in total. The largest absolute Gasteiger partial charge is 0.550 e. The van der Waals surface area contributed by atoms with Crippen LogP contribution in [0.15, 0.2) is 0 Å². The number of carbonyl (C=O) groups excluding carboxylic acids is 3. The number of hydrogen-bond acceptors (Lipinski definition) is 4. The van der Waals surface area contributed by atoms with Crippen molar-refractivity contribution in [2.24, 2.45) is 11.7 Å². The van der Waals surface area contributed by atoms with E-state index in [0.29, 0.717) is 6.42 Å². The van der Waals surface area contributed by atoms with E-state index < -0.39 is 36.3 Å². The second-order valence-electron chi connectivity index (χ2n) is 4.37. The summed E-state index contributed by atoms with van der Waals surface area (Å²) in [6.07, 6.45) is -0.0852. The minimum absolute atomic E-state index is 0.178. The van der Waals surface area contributed by atoms with Crippen LogP contribution in [-0.4, -0.2) is 29.9 Å². The number of nitrogens with two attached hydrogens (primary N) is 1. The van der Waals surface area contributed by atoms with Gasteiger partial charge in [0.05, 0.1) is 0 Å². The molecule has 0 radical (unpaired) electrons. The summed E-state index contributed by atoms with van der Waals surface area (Å²) in [6, 6.07) is -1.79. The van der Waals surface area contributed by atoms with E-state index in [-0.39, 0.29) is 5.92 Å². The van der Waals surface area contributed by atoms with E-state index in [1.807, 2.05) is 13.8 Å². The minimum Gasteiger partial charge on any atom is -0.550 e. The summed E-state index contributed by atoms with van der Waals surface area (Å²) in [6.45, 7) is 3.76. The van der Waals surface area contributed by atoms with Crippen molar-refractivity contribution in [2.75, 3.05) is 0 Å². The summed E-state index contributed by atoms with van der Waals surface area (Å²) in [5.41, 5.74) is 8.52. The quantitative estimate of drug-likeness (QED) is 0.433. The molecule has 0 heterocycles. The Morgan fingerprint density at radius 3 is 2.24 bits per heavy atom. The molecule has 7 heteroatoms. The van der Waals surface area contributed by atoms with Crippen LogP contribution in [-0.2, 0) is 14.4 Å². The molecule has 0 saturated carbocycles. The van der Waals surface area contributed by atoms with Crippen LogP contribution in [0.5, 0.6) is 0 Å². The van der Waals surface area contributed by atoms with Gasteiger partial charge in [-0.1, -0.05) is 13.8 Å². The first kappa shape index (κ1) is 15.4. The summed E-state index contributed by atoms with van der Waals surface area (Å²) in [5.74, 6) is -2.44. The van der Waals surface area contributed by atoms with Crippen molar-refractivity contribution < 1.29 is 25.2 Å². The lowest BCUT2D eigenvalue weighted by molar-refractivity contribution is -0.408. The second kappa shape index (κ2) is 6.85. The molecule has 0 aliphatic carbocycles. The van der Waals surface area contributed by atoms with Crippen molar-refractivity contribution in [1.82, 2.24) is 5.32 Å². The third kappa shape index (κ3) is 6.52. The summed E-state index contributed by atoms with van der Waals surface area (Å²) in [5, 5.41) is 12.7. The lowest BCUT2D eigenvalue weighted by Crippen LogP contribution is -2.70. The highest BCUT2D eigenvalue weighted by molar-refractivity contribution is 5.89. The SMILES string of the molecule is CC(C)C[C@H](NC(=O)[C@@H]([NH3+])CC(=O)[O-])C(N)=O. The van der Waals surface area contributed by atoms with Gasteiger partial charge in [-0.2, -0.15) is 0 Å². The Morgan fingerprint density at radius 2 is 1.88 bits per heavy atom. The van der Waals surface area contributed by atoms with Crippen molar-refractivity contribution in [1.29, 1.82) is 0 Å². The number of primary amides is 1. The highest BCUT2D eigenvalue weighted by Crippen LogP contribution is 2.04. The van der Waals surface area contributed by atoms with Gasteiger partial charge < -0.3 is 26.7 Å². The van der Waals surface area contributed by atoms with Gasteiger partial charge in [-0.15, -0.1) is 0 Å². The first-order valence-corrected chi connectivity index (χ1v) is 5.36. The first-order valence-electron chi connectivity index (χ1n) is 5.36. The monoisotopic (exact) mass is 245 g/mol. The third-order valence-electron chi connectivity index (χ3n) is 2.15. The zero-order valence-electron chi connectivity index (χ0n) is 10.1. The zero-order chi connectivity index (χ0) is 13.6. The van der Waals surface area contributed by atoms with E-state index in [1.54, 1.807) is 0 Å². The Morgan fingerprint density at radius 1 is 1.35 bits per heavy atom. The molecule has 98 valence electrons. The molecule has 17 heavy (non-hydrogen) atoms. The lowest BCUT2D eigenvalue weighted by atomic mass is 10.0. The fraction of sp³-hybridized carbons (Fsp3) is 0.700. The average Bonchev–Trinajstić information content (AvgIpc) is 2.14. The van der Waals surface area contributed by atoms with Crippen LogP contribution in [0, 0.1) is 5.92 Å². The number of nitrogens with one attached hydrogen (secondary N) is 1. The molecule has 0 rings (SSSR count). The van der Waals surface area contributed by atoms with Crippen LogP contribution < -0.4 is 21.9 Å². The van der Waals surface area contributed by atoms with Crippen LogP contribution in [0.25, 0.3) is 0 Å². The van der Waals surface area contributed by atoms with E-state index in [9.17, 15) is 19.5 Å².